The maximum Gasteiger partial charge on any atom is 0.250 e. The second-order valence-electron chi connectivity index (χ2n) is 3.82. The van der Waals surface area contributed by atoms with Crippen molar-refractivity contribution in [1.82, 2.24) is 9.71 Å². The molecule has 0 aromatic carbocycles. The molecule has 0 radical (unpaired) electrons. The number of rotatable bonds is 5. The number of thiazole rings is 1. The molecule has 3 N–H and O–H groups in total. The fourth-order valence-corrected chi connectivity index (χ4v) is 4.30. The standard InChI is InChI=1S/C10H13N3O2S3/c1-7(10-12-2-3-16-10)5-13-18(14,15)9-4-8(11)6-17-9/h2-4,6-7,13H,5,11H2,1H3. The molecule has 0 saturated carbocycles. The molecular formula is C10H13N3O2S3. The molecule has 2 rings (SSSR count). The molecule has 2 aromatic heterocycles. The first-order valence-electron chi connectivity index (χ1n) is 5.22. The molecule has 0 aliphatic carbocycles. The lowest BCUT2D eigenvalue weighted by atomic mass is 10.2. The first-order valence-corrected chi connectivity index (χ1v) is 8.46. The molecule has 0 aliphatic rings. The summed E-state index contributed by atoms with van der Waals surface area (Å²) in [6.07, 6.45) is 1.71. The number of nitrogens with one attached hydrogen (secondary N) is 1. The van der Waals surface area contributed by atoms with Crippen LogP contribution in [0, 0.1) is 0 Å². The summed E-state index contributed by atoms with van der Waals surface area (Å²) in [4.78, 5) is 4.16. The number of hydrogen-bond donors (Lipinski definition) is 2. The summed E-state index contributed by atoms with van der Waals surface area (Å²) in [6.45, 7) is 2.26. The van der Waals surface area contributed by atoms with Crippen LogP contribution in [0.2, 0.25) is 0 Å². The number of thiophene rings is 1. The van der Waals surface area contributed by atoms with Crippen molar-refractivity contribution in [3.8, 4) is 0 Å². The van der Waals surface area contributed by atoms with Crippen LogP contribution in [-0.4, -0.2) is 19.9 Å². The van der Waals surface area contributed by atoms with Crippen LogP contribution in [0.15, 0.2) is 27.2 Å². The van der Waals surface area contributed by atoms with Gasteiger partial charge in [0.15, 0.2) is 0 Å². The molecule has 0 amide bonds. The van der Waals surface area contributed by atoms with E-state index in [1.54, 1.807) is 11.6 Å². The van der Waals surface area contributed by atoms with E-state index in [2.05, 4.69) is 9.71 Å². The Morgan fingerprint density at radius 3 is 2.83 bits per heavy atom. The van der Waals surface area contributed by atoms with Crippen molar-refractivity contribution >= 4 is 38.4 Å². The van der Waals surface area contributed by atoms with E-state index in [1.165, 1.54) is 17.4 Å². The molecule has 1 atom stereocenters. The number of anilines is 1. The lowest BCUT2D eigenvalue weighted by molar-refractivity contribution is 0.576. The summed E-state index contributed by atoms with van der Waals surface area (Å²) in [5.41, 5.74) is 5.98. The maximum atomic E-state index is 11.9. The normalized spacial score (nSPS) is 13.6. The van der Waals surface area contributed by atoms with Crippen LogP contribution in [0.5, 0.6) is 0 Å². The van der Waals surface area contributed by atoms with Gasteiger partial charge in [-0.05, 0) is 6.07 Å². The Balaban J connectivity index is 2.02. The summed E-state index contributed by atoms with van der Waals surface area (Å²) in [7, 11) is -3.46. The molecule has 0 spiro atoms. The number of nitrogen functional groups attached to an aromatic ring is 1. The molecule has 18 heavy (non-hydrogen) atoms. The van der Waals surface area contributed by atoms with E-state index in [1.807, 2.05) is 12.3 Å². The van der Waals surface area contributed by atoms with Crippen molar-refractivity contribution in [1.29, 1.82) is 0 Å². The second-order valence-corrected chi connectivity index (χ2v) is 7.65. The van der Waals surface area contributed by atoms with Crippen molar-refractivity contribution in [3.05, 3.63) is 28.0 Å². The van der Waals surface area contributed by atoms with Gasteiger partial charge in [0.25, 0.3) is 0 Å². The predicted molar refractivity (Wildman–Crippen MR) is 74.4 cm³/mol. The van der Waals surface area contributed by atoms with Crippen molar-refractivity contribution in [2.45, 2.75) is 17.1 Å². The molecule has 2 heterocycles. The van der Waals surface area contributed by atoms with Crippen LogP contribution in [0.3, 0.4) is 0 Å². The van der Waals surface area contributed by atoms with Crippen LogP contribution in [-0.2, 0) is 10.0 Å². The summed E-state index contributed by atoms with van der Waals surface area (Å²) in [6, 6.07) is 1.46. The van der Waals surface area contributed by atoms with Crippen molar-refractivity contribution in [3.63, 3.8) is 0 Å². The quantitative estimate of drug-likeness (QED) is 0.883. The number of aromatic nitrogens is 1. The molecule has 0 saturated heterocycles. The van der Waals surface area contributed by atoms with Crippen LogP contribution in [0.25, 0.3) is 0 Å². The van der Waals surface area contributed by atoms with Crippen LogP contribution in [0.4, 0.5) is 5.69 Å². The predicted octanol–water partition coefficient (Wildman–Crippen LogP) is 1.87. The van der Waals surface area contributed by atoms with E-state index in [0.29, 0.717) is 12.2 Å². The highest BCUT2D eigenvalue weighted by atomic mass is 32.2. The van der Waals surface area contributed by atoms with Crippen LogP contribution in [0.1, 0.15) is 17.8 Å². The van der Waals surface area contributed by atoms with Gasteiger partial charge in [-0.3, -0.25) is 0 Å². The van der Waals surface area contributed by atoms with E-state index < -0.39 is 10.0 Å². The fraction of sp³-hybridized carbons (Fsp3) is 0.300. The van der Waals surface area contributed by atoms with Gasteiger partial charge in [-0.1, -0.05) is 6.92 Å². The van der Waals surface area contributed by atoms with Crippen LogP contribution < -0.4 is 10.5 Å². The third-order valence-corrected chi connectivity index (χ3v) is 6.20. The second kappa shape index (κ2) is 5.35. The van der Waals surface area contributed by atoms with E-state index in [9.17, 15) is 8.42 Å². The first-order chi connectivity index (χ1) is 8.49. The Bertz CT molecular complexity index is 604. The molecule has 1 unspecified atom stereocenters. The lowest BCUT2D eigenvalue weighted by Crippen LogP contribution is -2.27. The molecular weight excluding hydrogens is 290 g/mol. The largest absolute Gasteiger partial charge is 0.398 e. The summed E-state index contributed by atoms with van der Waals surface area (Å²) in [5.74, 6) is 0.0529. The van der Waals surface area contributed by atoms with Gasteiger partial charge < -0.3 is 5.73 Å². The third kappa shape index (κ3) is 3.08. The molecule has 0 fully saturated rings. The Hall–Kier alpha value is -0.960. The zero-order valence-corrected chi connectivity index (χ0v) is 12.1. The average Bonchev–Trinajstić information content (AvgIpc) is 2.96. The fourth-order valence-electron chi connectivity index (χ4n) is 1.34. The molecule has 98 valence electrons. The smallest absolute Gasteiger partial charge is 0.250 e. The lowest BCUT2D eigenvalue weighted by Gasteiger charge is -2.09. The molecule has 0 bridgehead atoms. The van der Waals surface area contributed by atoms with Gasteiger partial charge in [0.2, 0.25) is 10.0 Å². The summed E-state index contributed by atoms with van der Waals surface area (Å²) < 4.78 is 26.7. The Morgan fingerprint density at radius 2 is 2.28 bits per heavy atom. The minimum atomic E-state index is -3.46. The minimum Gasteiger partial charge on any atom is -0.398 e. The Labute approximate surface area is 114 Å². The zero-order chi connectivity index (χ0) is 13.2. The van der Waals surface area contributed by atoms with Crippen molar-refractivity contribution in [2.24, 2.45) is 0 Å². The molecule has 2 aromatic rings. The van der Waals surface area contributed by atoms with Crippen molar-refractivity contribution in [2.75, 3.05) is 12.3 Å². The topological polar surface area (TPSA) is 85.1 Å². The van der Waals surface area contributed by atoms with Gasteiger partial charge in [-0.15, -0.1) is 22.7 Å². The van der Waals surface area contributed by atoms with Gasteiger partial charge in [0.1, 0.15) is 4.21 Å². The Kier molecular flexibility index (Phi) is 4.00. The van der Waals surface area contributed by atoms with Gasteiger partial charge in [-0.25, -0.2) is 18.1 Å². The maximum absolute atomic E-state index is 11.9. The zero-order valence-electron chi connectivity index (χ0n) is 9.66. The van der Waals surface area contributed by atoms with E-state index in [4.69, 9.17) is 5.73 Å². The molecule has 8 heteroatoms. The highest BCUT2D eigenvalue weighted by Crippen LogP contribution is 2.22. The SMILES string of the molecule is CC(CNS(=O)(=O)c1cc(N)cs1)c1nccs1. The first kappa shape index (κ1) is 13.5. The number of hydrogen-bond acceptors (Lipinski definition) is 6. The van der Waals surface area contributed by atoms with Gasteiger partial charge in [0, 0.05) is 35.1 Å². The summed E-state index contributed by atoms with van der Waals surface area (Å²) >= 11 is 2.64. The number of nitrogens with zero attached hydrogens (tertiary/aromatic N) is 1. The average molecular weight is 303 g/mol. The van der Waals surface area contributed by atoms with Gasteiger partial charge in [0.05, 0.1) is 5.01 Å². The van der Waals surface area contributed by atoms with Gasteiger partial charge in [-0.2, -0.15) is 0 Å². The van der Waals surface area contributed by atoms with E-state index in [-0.39, 0.29) is 10.1 Å². The van der Waals surface area contributed by atoms with Crippen molar-refractivity contribution < 1.29 is 8.42 Å². The monoisotopic (exact) mass is 303 g/mol. The number of nitrogens with two attached hydrogens (primary N) is 1. The van der Waals surface area contributed by atoms with Crippen LogP contribution >= 0.6 is 22.7 Å². The van der Waals surface area contributed by atoms with E-state index in [0.717, 1.165) is 16.3 Å². The highest BCUT2D eigenvalue weighted by Gasteiger charge is 2.18. The third-order valence-electron chi connectivity index (χ3n) is 2.31. The Morgan fingerprint density at radius 1 is 1.50 bits per heavy atom. The summed E-state index contributed by atoms with van der Waals surface area (Å²) in [5, 5.41) is 4.41. The minimum absolute atomic E-state index is 0.0529. The molecule has 0 aliphatic heterocycles. The molecule has 5 nitrogen and oxygen atoms in total. The number of sulfonamides is 1. The van der Waals surface area contributed by atoms with E-state index >= 15 is 0 Å². The van der Waals surface area contributed by atoms with Gasteiger partial charge >= 0.3 is 0 Å². The highest BCUT2D eigenvalue weighted by molar-refractivity contribution is 7.91.